The van der Waals surface area contributed by atoms with E-state index in [2.05, 4.69) is 26.1 Å². The molecule has 0 spiro atoms. The molecule has 0 atom stereocenters. The Labute approximate surface area is 211 Å². The van der Waals surface area contributed by atoms with Gasteiger partial charge in [0.2, 0.25) is 5.91 Å². The number of anilines is 1. The first-order chi connectivity index (χ1) is 16.4. The number of fused-ring (bicyclic) bond motifs is 3. The average Bonchev–Trinajstić information content (AvgIpc) is 3.29. The van der Waals surface area contributed by atoms with Crippen molar-refractivity contribution in [2.24, 2.45) is 10.8 Å². The highest BCUT2D eigenvalue weighted by Crippen LogP contribution is 2.71. The predicted octanol–water partition coefficient (Wildman–Crippen LogP) is 6.85. The monoisotopic (exact) mass is 551 g/mol. The minimum Gasteiger partial charge on any atom is -0.333 e. The van der Waals surface area contributed by atoms with Gasteiger partial charge in [-0.25, -0.2) is 4.39 Å². The van der Waals surface area contributed by atoms with Crippen molar-refractivity contribution in [2.45, 2.75) is 88.1 Å². The number of alkyl halides is 3. The fraction of sp³-hybridized carbons (Fsp3) is 0.654. The second-order valence-corrected chi connectivity index (χ2v) is 12.8. The molecule has 0 saturated heterocycles. The molecule has 6 fully saturated rings. The molecule has 2 aromatic rings. The minimum atomic E-state index is -3.15. The van der Waals surface area contributed by atoms with Gasteiger partial charge in [0, 0.05) is 35.5 Å². The molecule has 8 rings (SSSR count). The summed E-state index contributed by atoms with van der Waals surface area (Å²) in [7, 11) is 0. The summed E-state index contributed by atoms with van der Waals surface area (Å²) in [4.78, 5) is 19.6. The molecule has 5 nitrogen and oxygen atoms in total. The summed E-state index contributed by atoms with van der Waals surface area (Å²) < 4.78 is 47.2. The Bertz CT molecular complexity index is 1130. The van der Waals surface area contributed by atoms with Gasteiger partial charge < -0.3 is 9.42 Å². The van der Waals surface area contributed by atoms with E-state index in [0.29, 0.717) is 38.1 Å². The summed E-state index contributed by atoms with van der Waals surface area (Å²) >= 11 is 3.53. The van der Waals surface area contributed by atoms with Gasteiger partial charge in [-0.3, -0.25) is 4.79 Å². The predicted molar refractivity (Wildman–Crippen MR) is 127 cm³/mol. The molecular weight excluding hydrogens is 523 g/mol. The summed E-state index contributed by atoms with van der Waals surface area (Å²) in [6, 6.07) is 7.79. The molecule has 0 unspecified atom stereocenters. The average molecular weight is 552 g/mol. The van der Waals surface area contributed by atoms with Gasteiger partial charge >= 0.3 is 5.92 Å². The number of carbonyl (C=O) groups excluding carboxylic acids is 1. The number of benzene rings is 1. The lowest BCUT2D eigenvalue weighted by molar-refractivity contribution is -0.215. The Balaban J connectivity index is 1.20. The lowest BCUT2D eigenvalue weighted by Gasteiger charge is -2.66. The maximum atomic E-state index is 14.1. The van der Waals surface area contributed by atoms with Crippen molar-refractivity contribution < 1.29 is 22.5 Å². The van der Waals surface area contributed by atoms with Crippen LogP contribution in [0.1, 0.15) is 82.8 Å². The normalized spacial score (nSPS) is 35.3. The van der Waals surface area contributed by atoms with Gasteiger partial charge in [0.15, 0.2) is 5.82 Å². The molecule has 0 aliphatic heterocycles. The molecule has 188 valence electrons. The SMILES string of the molecule is CC(F)(F)c1nc(C23CCC(CN(C(=O)CC45CC(F)(C4)C5)c4cccc(Br)c4)(CC2)CC3)no1. The molecule has 6 aliphatic rings. The Morgan fingerprint density at radius 3 is 2.31 bits per heavy atom. The van der Waals surface area contributed by atoms with Gasteiger partial charge in [-0.1, -0.05) is 27.2 Å². The topological polar surface area (TPSA) is 59.2 Å². The third-order valence-corrected chi connectivity index (χ3v) is 9.69. The number of carbonyl (C=O) groups is 1. The fourth-order valence-corrected chi connectivity index (χ4v) is 7.61. The zero-order chi connectivity index (χ0) is 24.7. The van der Waals surface area contributed by atoms with E-state index in [1.165, 1.54) is 0 Å². The van der Waals surface area contributed by atoms with Crippen LogP contribution in [0.3, 0.4) is 0 Å². The van der Waals surface area contributed by atoms with Crippen LogP contribution in [0.2, 0.25) is 0 Å². The van der Waals surface area contributed by atoms with E-state index in [1.54, 1.807) is 0 Å². The van der Waals surface area contributed by atoms with Crippen molar-refractivity contribution in [3.63, 3.8) is 0 Å². The standard InChI is InChI=1S/C26H29BrF3N3O2/c1-22(28,29)21-31-20(32-35-21)25-8-5-23(6-9-25,7-10-25)16-33(18-4-2-3-17(27)11-18)19(34)12-24-13-26(30,14-24)15-24/h2-4,11H,5-10,12-16H2,1H3. The first-order valence-electron chi connectivity index (χ1n) is 12.4. The van der Waals surface area contributed by atoms with Crippen LogP contribution in [-0.4, -0.2) is 28.3 Å². The Kier molecular flexibility index (Phi) is 5.07. The van der Waals surface area contributed by atoms with Gasteiger partial charge in [-0.15, -0.1) is 0 Å². The number of amides is 1. The first-order valence-corrected chi connectivity index (χ1v) is 13.2. The third kappa shape index (κ3) is 3.92. The summed E-state index contributed by atoms with van der Waals surface area (Å²) in [5, 5.41) is 3.94. The van der Waals surface area contributed by atoms with E-state index >= 15 is 0 Å². The van der Waals surface area contributed by atoms with Crippen molar-refractivity contribution >= 4 is 27.5 Å². The van der Waals surface area contributed by atoms with Gasteiger partial charge in [-0.05, 0) is 86.8 Å². The summed E-state index contributed by atoms with van der Waals surface area (Å²) in [5.41, 5.74) is -0.690. The molecule has 1 aromatic carbocycles. The van der Waals surface area contributed by atoms with Crippen LogP contribution in [0.15, 0.2) is 33.3 Å². The van der Waals surface area contributed by atoms with Crippen molar-refractivity contribution in [2.75, 3.05) is 11.4 Å². The number of hydrogen-bond donors (Lipinski definition) is 0. The fourth-order valence-electron chi connectivity index (χ4n) is 7.22. The highest BCUT2D eigenvalue weighted by Gasteiger charge is 2.69. The molecule has 1 heterocycles. The number of rotatable bonds is 7. The summed E-state index contributed by atoms with van der Waals surface area (Å²) in [6.07, 6.45) is 6.89. The van der Waals surface area contributed by atoms with E-state index in [0.717, 1.165) is 55.6 Å². The lowest BCUT2D eigenvalue weighted by atomic mass is 9.41. The summed E-state index contributed by atoms with van der Waals surface area (Å²) in [5.74, 6) is -3.32. The summed E-state index contributed by atoms with van der Waals surface area (Å²) in [6.45, 7) is 1.38. The molecule has 0 radical (unpaired) electrons. The van der Waals surface area contributed by atoms with Crippen LogP contribution in [-0.2, 0) is 16.1 Å². The van der Waals surface area contributed by atoms with E-state index in [1.807, 2.05) is 29.2 Å². The molecule has 6 aliphatic carbocycles. The zero-order valence-corrected chi connectivity index (χ0v) is 21.3. The molecule has 35 heavy (non-hydrogen) atoms. The van der Waals surface area contributed by atoms with Crippen LogP contribution in [0.5, 0.6) is 0 Å². The molecule has 6 saturated carbocycles. The number of hydrogen-bond acceptors (Lipinski definition) is 4. The van der Waals surface area contributed by atoms with Crippen LogP contribution >= 0.6 is 15.9 Å². The second kappa shape index (κ2) is 7.56. The molecular formula is C26H29BrF3N3O2. The van der Waals surface area contributed by atoms with Crippen LogP contribution in [0.4, 0.5) is 18.9 Å². The lowest BCUT2D eigenvalue weighted by Crippen LogP contribution is -2.65. The van der Waals surface area contributed by atoms with Gasteiger partial charge in [0.1, 0.15) is 5.67 Å². The third-order valence-electron chi connectivity index (χ3n) is 9.19. The van der Waals surface area contributed by atoms with E-state index in [9.17, 15) is 18.0 Å². The highest BCUT2D eigenvalue weighted by molar-refractivity contribution is 9.10. The van der Waals surface area contributed by atoms with E-state index in [-0.39, 0.29) is 22.2 Å². The quantitative estimate of drug-likeness (QED) is 0.377. The maximum Gasteiger partial charge on any atom is 0.322 e. The zero-order valence-electron chi connectivity index (χ0n) is 19.8. The van der Waals surface area contributed by atoms with Crippen molar-refractivity contribution in [3.8, 4) is 0 Å². The Morgan fingerprint density at radius 2 is 1.77 bits per heavy atom. The molecule has 1 amide bonds. The Hall–Kier alpha value is -1.90. The smallest absolute Gasteiger partial charge is 0.322 e. The molecule has 9 heteroatoms. The van der Waals surface area contributed by atoms with Crippen molar-refractivity contribution in [3.05, 3.63) is 40.5 Å². The van der Waals surface area contributed by atoms with Gasteiger partial charge in [0.25, 0.3) is 5.89 Å². The van der Waals surface area contributed by atoms with Gasteiger partial charge in [-0.2, -0.15) is 13.8 Å². The number of aromatic nitrogens is 2. The van der Waals surface area contributed by atoms with Crippen LogP contribution in [0, 0.1) is 10.8 Å². The largest absolute Gasteiger partial charge is 0.333 e. The maximum absolute atomic E-state index is 14.1. The van der Waals surface area contributed by atoms with E-state index in [4.69, 9.17) is 4.52 Å². The molecule has 0 N–H and O–H groups in total. The Morgan fingerprint density at radius 1 is 1.11 bits per heavy atom. The second-order valence-electron chi connectivity index (χ2n) is 11.9. The van der Waals surface area contributed by atoms with Crippen LogP contribution in [0.25, 0.3) is 0 Å². The molecule has 1 aromatic heterocycles. The van der Waals surface area contributed by atoms with Crippen molar-refractivity contribution in [1.82, 2.24) is 10.1 Å². The first kappa shape index (κ1) is 23.5. The number of halogens is 4. The van der Waals surface area contributed by atoms with Crippen LogP contribution < -0.4 is 4.90 Å². The molecule has 4 bridgehead atoms. The minimum absolute atomic E-state index is 0.0400. The number of nitrogens with zero attached hydrogens (tertiary/aromatic N) is 3. The van der Waals surface area contributed by atoms with E-state index < -0.39 is 17.5 Å². The van der Waals surface area contributed by atoms with Crippen molar-refractivity contribution in [1.29, 1.82) is 0 Å². The highest BCUT2D eigenvalue weighted by atomic mass is 79.9. The van der Waals surface area contributed by atoms with Gasteiger partial charge in [0.05, 0.1) is 0 Å².